The maximum absolute atomic E-state index is 12.9. The van der Waals surface area contributed by atoms with Crippen molar-refractivity contribution in [1.29, 1.82) is 0 Å². The van der Waals surface area contributed by atoms with Gasteiger partial charge in [-0.3, -0.25) is 9.69 Å². The van der Waals surface area contributed by atoms with E-state index < -0.39 is 0 Å². The first-order valence-corrected chi connectivity index (χ1v) is 11.1. The summed E-state index contributed by atoms with van der Waals surface area (Å²) in [6.45, 7) is 1.57. The van der Waals surface area contributed by atoms with E-state index >= 15 is 0 Å². The van der Waals surface area contributed by atoms with Crippen molar-refractivity contribution in [1.82, 2.24) is 10.2 Å². The van der Waals surface area contributed by atoms with Crippen molar-refractivity contribution < 1.29 is 19.0 Å². The molecule has 6 nitrogen and oxygen atoms in total. The van der Waals surface area contributed by atoms with Crippen molar-refractivity contribution in [3.8, 4) is 17.2 Å². The Morgan fingerprint density at radius 2 is 1.64 bits per heavy atom. The third-order valence-corrected chi connectivity index (χ3v) is 6.08. The van der Waals surface area contributed by atoms with Crippen molar-refractivity contribution in [2.75, 3.05) is 34.4 Å². The second kappa shape index (κ2) is 10.4. The third kappa shape index (κ3) is 5.12. The Balaban J connectivity index is 1.55. The van der Waals surface area contributed by atoms with Gasteiger partial charge in [-0.25, -0.2) is 0 Å². The molecule has 0 radical (unpaired) electrons. The molecule has 1 heterocycles. The first-order valence-electron chi connectivity index (χ1n) is 11.1. The van der Waals surface area contributed by atoms with Gasteiger partial charge in [-0.1, -0.05) is 42.5 Å². The molecule has 0 saturated heterocycles. The monoisotopic (exact) mass is 446 g/mol. The van der Waals surface area contributed by atoms with E-state index in [1.54, 1.807) is 21.3 Å². The molecule has 0 aliphatic carbocycles. The van der Waals surface area contributed by atoms with E-state index in [1.807, 2.05) is 48.5 Å². The van der Waals surface area contributed by atoms with E-state index in [2.05, 4.69) is 28.4 Å². The second-order valence-corrected chi connectivity index (χ2v) is 8.06. The Morgan fingerprint density at radius 1 is 0.939 bits per heavy atom. The van der Waals surface area contributed by atoms with Crippen LogP contribution >= 0.6 is 0 Å². The van der Waals surface area contributed by atoms with Gasteiger partial charge in [-0.2, -0.15) is 0 Å². The van der Waals surface area contributed by atoms with Crippen LogP contribution in [0.2, 0.25) is 0 Å². The highest BCUT2D eigenvalue weighted by Crippen LogP contribution is 2.40. The van der Waals surface area contributed by atoms with E-state index in [1.165, 1.54) is 5.56 Å². The van der Waals surface area contributed by atoms with E-state index in [4.69, 9.17) is 14.2 Å². The number of carbonyl (C=O) groups is 1. The van der Waals surface area contributed by atoms with Gasteiger partial charge in [-0.05, 0) is 52.9 Å². The molecule has 1 aliphatic rings. The van der Waals surface area contributed by atoms with Crippen LogP contribution in [0.4, 0.5) is 0 Å². The highest BCUT2D eigenvalue weighted by atomic mass is 16.5. The van der Waals surface area contributed by atoms with Crippen LogP contribution < -0.4 is 19.5 Å². The zero-order valence-corrected chi connectivity index (χ0v) is 19.3. The fraction of sp³-hybridized carbons (Fsp3) is 0.296. The summed E-state index contributed by atoms with van der Waals surface area (Å²) in [6.07, 6.45) is 0.838. The first-order chi connectivity index (χ1) is 16.1. The number of methoxy groups -OCH3 is 3. The highest BCUT2D eigenvalue weighted by molar-refractivity contribution is 5.78. The van der Waals surface area contributed by atoms with E-state index in [0.29, 0.717) is 18.8 Å². The number of nitrogens with one attached hydrogen (secondary N) is 1. The Bertz CT molecular complexity index is 1080. The number of hydrogen-bond acceptors (Lipinski definition) is 5. The van der Waals surface area contributed by atoms with Crippen molar-refractivity contribution in [3.63, 3.8) is 0 Å². The standard InChI is InChI=1S/C27H30N2O4/c1-31-22-11-9-19(10-12-22)17-28-26(30)18-29-14-13-21-15-24(32-2)25(33-3)16-23(21)27(29)20-7-5-4-6-8-20/h4-12,15-16,27H,13-14,17-18H2,1-3H3,(H,28,30). The van der Waals surface area contributed by atoms with Gasteiger partial charge >= 0.3 is 0 Å². The lowest BCUT2D eigenvalue weighted by atomic mass is 9.87. The molecule has 1 aliphatic heterocycles. The average molecular weight is 447 g/mol. The van der Waals surface area contributed by atoms with Crippen LogP contribution in [0.25, 0.3) is 0 Å². The Labute approximate surface area is 195 Å². The van der Waals surface area contributed by atoms with Crippen LogP contribution in [-0.2, 0) is 17.8 Å². The zero-order chi connectivity index (χ0) is 23.2. The molecule has 1 atom stereocenters. The molecule has 3 aromatic carbocycles. The summed E-state index contributed by atoms with van der Waals surface area (Å²) >= 11 is 0. The minimum atomic E-state index is -0.0403. The minimum absolute atomic E-state index is 0.00400. The molecule has 0 spiro atoms. The lowest BCUT2D eigenvalue weighted by Gasteiger charge is -2.37. The lowest BCUT2D eigenvalue weighted by Crippen LogP contribution is -2.43. The number of rotatable bonds is 8. The van der Waals surface area contributed by atoms with Crippen molar-refractivity contribution in [2.24, 2.45) is 0 Å². The molecular formula is C27H30N2O4. The maximum atomic E-state index is 12.9. The first kappa shape index (κ1) is 22.7. The molecule has 0 saturated carbocycles. The summed E-state index contributed by atoms with van der Waals surface area (Å²) in [5.41, 5.74) is 4.54. The molecule has 1 N–H and O–H groups in total. The third-order valence-electron chi connectivity index (χ3n) is 6.08. The van der Waals surface area contributed by atoms with Gasteiger partial charge in [0.2, 0.25) is 5.91 Å². The van der Waals surface area contributed by atoms with Crippen molar-refractivity contribution in [2.45, 2.75) is 19.0 Å². The molecule has 1 amide bonds. The largest absolute Gasteiger partial charge is 0.497 e. The minimum Gasteiger partial charge on any atom is -0.497 e. The van der Waals surface area contributed by atoms with Gasteiger partial charge in [0, 0.05) is 13.1 Å². The number of ether oxygens (including phenoxy) is 3. The predicted molar refractivity (Wildman–Crippen MR) is 128 cm³/mol. The van der Waals surface area contributed by atoms with E-state index in [-0.39, 0.29) is 11.9 Å². The molecule has 0 fully saturated rings. The molecular weight excluding hydrogens is 416 g/mol. The number of hydrogen-bond donors (Lipinski definition) is 1. The molecule has 172 valence electrons. The lowest BCUT2D eigenvalue weighted by molar-refractivity contribution is -0.122. The van der Waals surface area contributed by atoms with Crippen LogP contribution in [0.1, 0.15) is 28.3 Å². The predicted octanol–water partition coefficient (Wildman–Crippen LogP) is 3.98. The van der Waals surface area contributed by atoms with Crippen LogP contribution in [0.15, 0.2) is 66.7 Å². The molecule has 0 bridgehead atoms. The number of nitrogens with zero attached hydrogens (tertiary/aromatic N) is 1. The quantitative estimate of drug-likeness (QED) is 0.567. The van der Waals surface area contributed by atoms with Crippen molar-refractivity contribution >= 4 is 5.91 Å². The molecule has 6 heteroatoms. The normalized spacial score (nSPS) is 15.4. The Morgan fingerprint density at radius 3 is 2.30 bits per heavy atom. The fourth-order valence-electron chi connectivity index (χ4n) is 4.38. The number of benzene rings is 3. The zero-order valence-electron chi connectivity index (χ0n) is 19.3. The van der Waals surface area contributed by atoms with Gasteiger partial charge < -0.3 is 19.5 Å². The van der Waals surface area contributed by atoms with Crippen LogP contribution in [-0.4, -0.2) is 45.2 Å². The summed E-state index contributed by atoms with van der Waals surface area (Å²) in [7, 11) is 4.94. The second-order valence-electron chi connectivity index (χ2n) is 8.06. The summed E-state index contributed by atoms with van der Waals surface area (Å²) in [5, 5.41) is 3.05. The summed E-state index contributed by atoms with van der Waals surface area (Å²) in [5.74, 6) is 2.22. The SMILES string of the molecule is COc1ccc(CNC(=O)CN2CCc3cc(OC)c(OC)cc3C2c2ccccc2)cc1. The maximum Gasteiger partial charge on any atom is 0.234 e. The van der Waals surface area contributed by atoms with Gasteiger partial charge in [-0.15, -0.1) is 0 Å². The smallest absolute Gasteiger partial charge is 0.234 e. The van der Waals surface area contributed by atoms with Gasteiger partial charge in [0.05, 0.1) is 33.9 Å². The van der Waals surface area contributed by atoms with E-state index in [9.17, 15) is 4.79 Å². The van der Waals surface area contributed by atoms with Crippen LogP contribution in [0.3, 0.4) is 0 Å². The topological polar surface area (TPSA) is 60.0 Å². The summed E-state index contributed by atoms with van der Waals surface area (Å²) in [6, 6.07) is 22.1. The molecule has 33 heavy (non-hydrogen) atoms. The molecule has 1 unspecified atom stereocenters. The fourth-order valence-corrected chi connectivity index (χ4v) is 4.38. The number of amides is 1. The van der Waals surface area contributed by atoms with Crippen LogP contribution in [0, 0.1) is 0 Å². The Kier molecular flexibility index (Phi) is 7.15. The number of carbonyl (C=O) groups excluding carboxylic acids is 1. The highest BCUT2D eigenvalue weighted by Gasteiger charge is 2.31. The molecule has 0 aromatic heterocycles. The van der Waals surface area contributed by atoms with Gasteiger partial charge in [0.1, 0.15) is 5.75 Å². The van der Waals surface area contributed by atoms with Gasteiger partial charge in [0.15, 0.2) is 11.5 Å². The Hall–Kier alpha value is -3.51. The van der Waals surface area contributed by atoms with Crippen LogP contribution in [0.5, 0.6) is 17.2 Å². The summed E-state index contributed by atoms with van der Waals surface area (Å²) in [4.78, 5) is 15.1. The number of fused-ring (bicyclic) bond motifs is 1. The molecule has 4 rings (SSSR count). The van der Waals surface area contributed by atoms with Crippen molar-refractivity contribution in [3.05, 3.63) is 89.0 Å². The average Bonchev–Trinajstić information content (AvgIpc) is 2.87. The summed E-state index contributed by atoms with van der Waals surface area (Å²) < 4.78 is 16.3. The van der Waals surface area contributed by atoms with E-state index in [0.717, 1.165) is 41.2 Å². The molecule has 3 aromatic rings. The van der Waals surface area contributed by atoms with Gasteiger partial charge in [0.25, 0.3) is 0 Å².